The van der Waals surface area contributed by atoms with Crippen molar-refractivity contribution in [2.75, 3.05) is 5.75 Å². The molecule has 1 aliphatic carbocycles. The summed E-state index contributed by atoms with van der Waals surface area (Å²) >= 11 is 3.89. The van der Waals surface area contributed by atoms with Crippen molar-refractivity contribution < 1.29 is 4.79 Å². The molecule has 0 saturated carbocycles. The molecule has 3 aliphatic heterocycles. The van der Waals surface area contributed by atoms with Gasteiger partial charge in [0.25, 0.3) is 0 Å². The number of benzene rings is 1. The van der Waals surface area contributed by atoms with Gasteiger partial charge in [0.15, 0.2) is 5.78 Å². The zero-order chi connectivity index (χ0) is 17.0. The quantitative estimate of drug-likeness (QED) is 0.640. The van der Waals surface area contributed by atoms with Crippen LogP contribution in [0.5, 0.6) is 0 Å². The molecule has 2 atom stereocenters. The molecule has 0 N–H and O–H groups in total. The number of hydrogen-bond donors (Lipinski definition) is 0. The maximum atomic E-state index is 12.9. The summed E-state index contributed by atoms with van der Waals surface area (Å²) in [6, 6.07) is 8.53. The van der Waals surface area contributed by atoms with Gasteiger partial charge in [0.2, 0.25) is 0 Å². The number of thioether (sulfide) groups is 2. The summed E-state index contributed by atoms with van der Waals surface area (Å²) in [4.78, 5) is 15.1. The number of ketones is 1. The van der Waals surface area contributed by atoms with Crippen molar-refractivity contribution >= 4 is 41.1 Å². The molecule has 0 aromatic heterocycles. The van der Waals surface area contributed by atoms with E-state index in [9.17, 15) is 4.79 Å². The summed E-state index contributed by atoms with van der Waals surface area (Å²) in [5.41, 5.74) is 5.76. The normalized spacial score (nSPS) is 30.1. The molecule has 2 nitrogen and oxygen atoms in total. The highest BCUT2D eigenvalue weighted by Crippen LogP contribution is 2.57. The van der Waals surface area contributed by atoms with Gasteiger partial charge in [-0.3, -0.25) is 4.79 Å². The lowest BCUT2D eigenvalue weighted by Crippen LogP contribution is -2.40. The van der Waals surface area contributed by atoms with Gasteiger partial charge < -0.3 is 4.90 Å². The predicted octanol–water partition coefficient (Wildman–Crippen LogP) is 5.07. The number of rotatable bonds is 0. The fraction of sp³-hybridized carbons (Fsp3) is 0.286. The van der Waals surface area contributed by atoms with Crippen LogP contribution in [0, 0.1) is 0 Å². The first-order valence-corrected chi connectivity index (χ1v) is 10.6. The summed E-state index contributed by atoms with van der Waals surface area (Å²) in [6.45, 7) is 2.29. The molecule has 0 bridgehead atoms. The molecule has 1 spiro atoms. The molecule has 0 radical (unpaired) electrons. The molecular formula is C21H19NOS2. The van der Waals surface area contributed by atoms with Crippen molar-refractivity contribution in [1.82, 2.24) is 4.90 Å². The number of nitrogens with zero attached hydrogens (tertiary/aromatic N) is 1. The van der Waals surface area contributed by atoms with Gasteiger partial charge in [-0.15, -0.1) is 23.5 Å². The molecule has 4 heteroatoms. The second-order valence-electron chi connectivity index (χ2n) is 6.83. The van der Waals surface area contributed by atoms with Crippen LogP contribution in [-0.4, -0.2) is 25.8 Å². The van der Waals surface area contributed by atoms with E-state index in [1.165, 1.54) is 23.2 Å². The number of hydrogen-bond acceptors (Lipinski definition) is 4. The zero-order valence-electron chi connectivity index (χ0n) is 14.1. The fourth-order valence-corrected chi connectivity index (χ4v) is 7.85. The standard InChI is InChI=1S/C21H19NOS2/c1-14-10-12-24-21(25-14)13-18-16-6-3-2-5-15(16)9-11-22(18)17-7-4-8-19(23)20(17)21/h2-7,9,11,13-14H,8,10,12H2,1H3. The summed E-state index contributed by atoms with van der Waals surface area (Å²) < 4.78 is -0.251. The molecule has 0 amide bonds. The second kappa shape index (κ2) is 5.68. The van der Waals surface area contributed by atoms with Gasteiger partial charge in [0, 0.05) is 29.0 Å². The Kier molecular flexibility index (Phi) is 3.54. The highest BCUT2D eigenvalue weighted by molar-refractivity contribution is 8.19. The SMILES string of the molecule is CC1CCSC2(C=C3c4ccccc4C=CN3C3=C2C(=O)CC=C3)S1. The molecule has 1 aromatic carbocycles. The Labute approximate surface area is 156 Å². The minimum Gasteiger partial charge on any atom is -0.316 e. The summed E-state index contributed by atoms with van der Waals surface area (Å²) in [5.74, 6) is 1.37. The first-order valence-electron chi connectivity index (χ1n) is 8.74. The van der Waals surface area contributed by atoms with Crippen LogP contribution < -0.4 is 0 Å². The third-order valence-electron chi connectivity index (χ3n) is 5.17. The van der Waals surface area contributed by atoms with E-state index in [2.05, 4.69) is 60.5 Å². The number of carbonyl (C=O) groups is 1. The van der Waals surface area contributed by atoms with E-state index in [0.717, 1.165) is 17.0 Å². The van der Waals surface area contributed by atoms with Crippen LogP contribution >= 0.6 is 23.5 Å². The first-order chi connectivity index (χ1) is 12.2. The van der Waals surface area contributed by atoms with Crippen molar-refractivity contribution in [1.29, 1.82) is 0 Å². The Bertz CT molecular complexity index is 895. The average Bonchev–Trinajstić information content (AvgIpc) is 2.61. The molecule has 126 valence electrons. The third kappa shape index (κ3) is 2.31. The van der Waals surface area contributed by atoms with Gasteiger partial charge in [-0.1, -0.05) is 37.3 Å². The van der Waals surface area contributed by atoms with Gasteiger partial charge in [0.1, 0.15) is 4.08 Å². The molecule has 25 heavy (non-hydrogen) atoms. The minimum absolute atomic E-state index is 0.251. The molecule has 1 saturated heterocycles. The van der Waals surface area contributed by atoms with Crippen LogP contribution in [0.4, 0.5) is 0 Å². The minimum atomic E-state index is -0.251. The van der Waals surface area contributed by atoms with E-state index >= 15 is 0 Å². The van der Waals surface area contributed by atoms with Crippen molar-refractivity contribution in [3.05, 3.63) is 71.1 Å². The predicted molar refractivity (Wildman–Crippen MR) is 108 cm³/mol. The van der Waals surface area contributed by atoms with E-state index in [-0.39, 0.29) is 9.86 Å². The van der Waals surface area contributed by atoms with E-state index in [1.54, 1.807) is 0 Å². The summed E-state index contributed by atoms with van der Waals surface area (Å²) in [7, 11) is 0. The van der Waals surface area contributed by atoms with Crippen LogP contribution in [0.15, 0.2) is 60.0 Å². The highest BCUT2D eigenvalue weighted by atomic mass is 32.2. The lowest BCUT2D eigenvalue weighted by atomic mass is 9.89. The maximum Gasteiger partial charge on any atom is 0.167 e. The molecule has 1 fully saturated rings. The Balaban J connectivity index is 1.76. The zero-order valence-corrected chi connectivity index (χ0v) is 15.7. The van der Waals surface area contributed by atoms with E-state index in [4.69, 9.17) is 0 Å². The van der Waals surface area contributed by atoms with Gasteiger partial charge in [-0.2, -0.15) is 0 Å². The van der Waals surface area contributed by atoms with Crippen molar-refractivity contribution in [3.63, 3.8) is 0 Å². The monoisotopic (exact) mass is 365 g/mol. The number of carbonyl (C=O) groups excluding carboxylic acids is 1. The topological polar surface area (TPSA) is 20.3 Å². The maximum absolute atomic E-state index is 12.9. The van der Waals surface area contributed by atoms with Gasteiger partial charge in [-0.25, -0.2) is 0 Å². The van der Waals surface area contributed by atoms with Gasteiger partial charge in [-0.05, 0) is 36.0 Å². The van der Waals surface area contributed by atoms with E-state index in [1.807, 2.05) is 29.6 Å². The van der Waals surface area contributed by atoms with Crippen molar-refractivity contribution in [3.8, 4) is 0 Å². The van der Waals surface area contributed by atoms with Gasteiger partial charge >= 0.3 is 0 Å². The summed E-state index contributed by atoms with van der Waals surface area (Å²) in [6.07, 6.45) is 12.5. The molecular weight excluding hydrogens is 346 g/mol. The van der Waals surface area contributed by atoms with E-state index < -0.39 is 0 Å². The number of Topliss-reactive ketones (excluding diaryl/α,β-unsaturated/α-hetero) is 1. The first kappa shape index (κ1) is 15.6. The molecule has 5 rings (SSSR count). The molecule has 1 aromatic rings. The number of allylic oxidation sites excluding steroid dienone is 2. The fourth-order valence-electron chi connectivity index (χ4n) is 4.00. The van der Waals surface area contributed by atoms with Crippen molar-refractivity contribution in [2.24, 2.45) is 0 Å². The Hall–Kier alpha value is -1.65. The lowest BCUT2D eigenvalue weighted by Gasteiger charge is -2.46. The van der Waals surface area contributed by atoms with E-state index in [0.29, 0.717) is 11.7 Å². The van der Waals surface area contributed by atoms with Crippen LogP contribution in [0.2, 0.25) is 0 Å². The van der Waals surface area contributed by atoms with Crippen LogP contribution in [-0.2, 0) is 4.79 Å². The number of fused-ring (bicyclic) bond motifs is 5. The van der Waals surface area contributed by atoms with Crippen LogP contribution in [0.25, 0.3) is 11.8 Å². The van der Waals surface area contributed by atoms with Crippen molar-refractivity contribution in [2.45, 2.75) is 29.1 Å². The van der Waals surface area contributed by atoms with Crippen LogP contribution in [0.3, 0.4) is 0 Å². The third-order valence-corrected chi connectivity index (χ3v) is 8.31. The smallest absolute Gasteiger partial charge is 0.167 e. The average molecular weight is 366 g/mol. The summed E-state index contributed by atoms with van der Waals surface area (Å²) in [5, 5.41) is 0.562. The highest BCUT2D eigenvalue weighted by Gasteiger charge is 2.47. The molecule has 4 aliphatic rings. The Morgan fingerprint density at radius 3 is 3.00 bits per heavy atom. The lowest BCUT2D eigenvalue weighted by molar-refractivity contribution is -0.115. The Morgan fingerprint density at radius 1 is 1.24 bits per heavy atom. The van der Waals surface area contributed by atoms with Gasteiger partial charge in [0.05, 0.1) is 11.4 Å². The molecule has 2 unspecified atom stereocenters. The van der Waals surface area contributed by atoms with Crippen LogP contribution in [0.1, 0.15) is 30.9 Å². The Morgan fingerprint density at radius 2 is 2.12 bits per heavy atom. The molecule has 3 heterocycles. The second-order valence-corrected chi connectivity index (χ2v) is 10.1. The largest absolute Gasteiger partial charge is 0.316 e.